The van der Waals surface area contributed by atoms with Crippen LogP contribution < -0.4 is 4.74 Å². The lowest BCUT2D eigenvalue weighted by atomic mass is 10.2. The van der Waals surface area contributed by atoms with E-state index in [0.717, 1.165) is 21.0 Å². The highest BCUT2D eigenvalue weighted by atomic mass is 32.2. The molecule has 2 heterocycles. The maximum atomic E-state index is 14.0. The summed E-state index contributed by atoms with van der Waals surface area (Å²) in [4.78, 5) is 4.79. The quantitative estimate of drug-likeness (QED) is 0.282. The van der Waals surface area contributed by atoms with Gasteiger partial charge >= 0.3 is 0 Å². The molecule has 5 rings (SSSR count). The Bertz CT molecular complexity index is 1940. The zero-order valence-electron chi connectivity index (χ0n) is 26.7. The van der Waals surface area contributed by atoms with Gasteiger partial charge in [-0.05, 0) is 57.2 Å². The summed E-state index contributed by atoms with van der Waals surface area (Å²) in [5.74, 6) is 0.381. The van der Waals surface area contributed by atoms with Crippen molar-refractivity contribution in [1.29, 1.82) is 0 Å². The Hall–Kier alpha value is -3.66. The summed E-state index contributed by atoms with van der Waals surface area (Å²) in [5, 5.41) is 0. The first-order valence-electron chi connectivity index (χ1n) is 14.9. The predicted octanol–water partition coefficient (Wildman–Crippen LogP) is 4.10. The molecule has 0 radical (unpaired) electrons. The first kappa shape index (κ1) is 34.7. The van der Waals surface area contributed by atoms with Crippen molar-refractivity contribution >= 4 is 30.1 Å². The lowest BCUT2D eigenvalue weighted by molar-refractivity contribution is 0.304. The first-order chi connectivity index (χ1) is 22.2. The molecule has 0 fully saturated rings. The third-order valence-electron chi connectivity index (χ3n) is 7.99. The summed E-state index contributed by atoms with van der Waals surface area (Å²) >= 11 is 0. The summed E-state index contributed by atoms with van der Waals surface area (Å²) in [7, 11) is -10.9. The van der Waals surface area contributed by atoms with Gasteiger partial charge in [-0.3, -0.25) is 4.98 Å². The Morgan fingerprint density at radius 3 is 1.13 bits per heavy atom. The van der Waals surface area contributed by atoms with Gasteiger partial charge in [-0.1, -0.05) is 53.1 Å². The highest BCUT2D eigenvalue weighted by Gasteiger charge is 2.33. The van der Waals surface area contributed by atoms with E-state index in [2.05, 4.69) is 4.98 Å². The molecule has 2 bridgehead atoms. The van der Waals surface area contributed by atoms with E-state index < -0.39 is 30.1 Å². The molecule has 0 atom stereocenters. The Morgan fingerprint density at radius 1 is 0.511 bits per heavy atom. The number of nitrogens with zero attached hydrogens (tertiary/aromatic N) is 4. The molecule has 250 valence electrons. The molecule has 0 N–H and O–H groups in total. The van der Waals surface area contributed by atoms with Crippen LogP contribution in [0.15, 0.2) is 99.6 Å². The fourth-order valence-corrected chi connectivity index (χ4v) is 9.43. The second kappa shape index (κ2) is 13.8. The van der Waals surface area contributed by atoms with Crippen molar-refractivity contribution < 1.29 is 30.0 Å². The largest absolute Gasteiger partial charge is 0.497 e. The van der Waals surface area contributed by atoms with Crippen molar-refractivity contribution in [3.8, 4) is 5.75 Å². The average Bonchev–Trinajstić information content (AvgIpc) is 3.03. The van der Waals surface area contributed by atoms with Gasteiger partial charge in [0, 0.05) is 38.3 Å². The van der Waals surface area contributed by atoms with Crippen LogP contribution in [0.1, 0.15) is 28.1 Å². The molecule has 3 aromatic carbocycles. The van der Waals surface area contributed by atoms with E-state index in [-0.39, 0.29) is 54.0 Å². The Kier molecular flexibility index (Phi) is 10.2. The number of pyridine rings is 1. The van der Waals surface area contributed by atoms with Crippen LogP contribution in [0.5, 0.6) is 5.75 Å². The molecule has 0 saturated carbocycles. The SMILES string of the molecule is COc1cc2nc(c1)CN(S(=O)(=O)c1ccc(C)cc1)CCN(S(=O)(=O)c1ccc(C)cc1)CCN(S(=O)(=O)c1ccc(C)cc1)C2. The monoisotopic (exact) mass is 698 g/mol. The number of hydrogen-bond acceptors (Lipinski definition) is 8. The minimum atomic E-state index is -4.16. The third-order valence-corrected chi connectivity index (χ3v) is 13.6. The highest BCUT2D eigenvalue weighted by Crippen LogP contribution is 2.26. The Morgan fingerprint density at radius 2 is 0.809 bits per heavy atom. The van der Waals surface area contributed by atoms with E-state index in [1.807, 2.05) is 20.8 Å². The lowest BCUT2D eigenvalue weighted by Gasteiger charge is -2.30. The summed E-state index contributed by atoms with van der Waals surface area (Å²) in [6.45, 7) is 4.21. The molecular weight excluding hydrogens is 661 g/mol. The van der Waals surface area contributed by atoms with Crippen LogP contribution >= 0.6 is 0 Å². The maximum Gasteiger partial charge on any atom is 0.243 e. The molecule has 0 unspecified atom stereocenters. The number of aryl methyl sites for hydroxylation is 3. The molecule has 4 aromatic rings. The normalized spacial score (nSPS) is 16.3. The molecule has 1 aliphatic heterocycles. The number of methoxy groups -OCH3 is 1. The van der Waals surface area contributed by atoms with Gasteiger partial charge in [0.25, 0.3) is 0 Å². The van der Waals surface area contributed by atoms with Crippen LogP contribution in [0.25, 0.3) is 0 Å². The van der Waals surface area contributed by atoms with Gasteiger partial charge < -0.3 is 4.74 Å². The fraction of sp³-hybridized carbons (Fsp3) is 0.303. The molecule has 14 heteroatoms. The number of ether oxygens (including phenoxy) is 1. The number of aromatic nitrogens is 1. The average molecular weight is 699 g/mol. The molecule has 0 spiro atoms. The van der Waals surface area contributed by atoms with Gasteiger partial charge in [0.15, 0.2) is 0 Å². The van der Waals surface area contributed by atoms with Crippen LogP contribution in [-0.4, -0.2) is 76.4 Å². The zero-order valence-corrected chi connectivity index (χ0v) is 29.1. The van der Waals surface area contributed by atoms with Crippen molar-refractivity contribution in [2.24, 2.45) is 0 Å². The van der Waals surface area contributed by atoms with E-state index in [4.69, 9.17) is 4.74 Å². The molecule has 0 saturated heterocycles. The highest BCUT2D eigenvalue weighted by molar-refractivity contribution is 7.89. The van der Waals surface area contributed by atoms with Crippen molar-refractivity contribution in [2.45, 2.75) is 48.5 Å². The van der Waals surface area contributed by atoms with E-state index in [1.54, 1.807) is 48.5 Å². The van der Waals surface area contributed by atoms with E-state index in [0.29, 0.717) is 17.1 Å². The van der Waals surface area contributed by atoms with E-state index in [9.17, 15) is 25.3 Å². The predicted molar refractivity (Wildman–Crippen MR) is 178 cm³/mol. The van der Waals surface area contributed by atoms with Crippen LogP contribution in [0.3, 0.4) is 0 Å². The minimum Gasteiger partial charge on any atom is -0.497 e. The van der Waals surface area contributed by atoms with Crippen molar-refractivity contribution in [3.05, 3.63) is 113 Å². The van der Waals surface area contributed by atoms with Gasteiger partial charge in [-0.15, -0.1) is 0 Å². The van der Waals surface area contributed by atoms with Crippen molar-refractivity contribution in [2.75, 3.05) is 33.3 Å². The Labute approximate surface area is 277 Å². The molecular formula is C33H38N4O7S3. The summed E-state index contributed by atoms with van der Waals surface area (Å²) in [6.07, 6.45) is 0. The number of sulfonamides is 3. The molecule has 1 aromatic heterocycles. The first-order valence-corrected chi connectivity index (χ1v) is 19.3. The van der Waals surface area contributed by atoms with Crippen LogP contribution in [0, 0.1) is 20.8 Å². The number of rotatable bonds is 7. The second-order valence-corrected chi connectivity index (χ2v) is 17.3. The third kappa shape index (κ3) is 7.74. The second-order valence-electron chi connectivity index (χ2n) is 11.5. The summed E-state index contributed by atoms with van der Waals surface area (Å²) < 4.78 is 93.2. The molecule has 0 aliphatic carbocycles. The lowest BCUT2D eigenvalue weighted by Crippen LogP contribution is -2.45. The summed E-state index contributed by atoms with van der Waals surface area (Å²) in [5.41, 5.74) is 3.27. The van der Waals surface area contributed by atoms with Crippen molar-refractivity contribution in [1.82, 2.24) is 17.9 Å². The maximum absolute atomic E-state index is 14.0. The van der Waals surface area contributed by atoms with E-state index in [1.165, 1.54) is 52.1 Å². The molecule has 11 nitrogen and oxygen atoms in total. The van der Waals surface area contributed by atoms with Gasteiger partial charge in [-0.2, -0.15) is 12.9 Å². The topological polar surface area (TPSA) is 134 Å². The fourth-order valence-electron chi connectivity index (χ4n) is 5.20. The van der Waals surface area contributed by atoms with E-state index >= 15 is 0 Å². The Balaban J connectivity index is 1.63. The number of hydrogen-bond donors (Lipinski definition) is 0. The standard InChI is InChI=1S/C33H38N4O7S3/c1-25-5-11-31(12-6-25)45(38,39)35-17-19-36(46(40,41)32-13-7-26(2)8-14-32)23-28-21-30(44-4)22-29(34-28)24-37(20-18-35)47(42,43)33-15-9-27(3)10-16-33/h5-16,21-22H,17-20,23-24H2,1-4H3. The molecule has 47 heavy (non-hydrogen) atoms. The van der Waals surface area contributed by atoms with Gasteiger partial charge in [-0.25, -0.2) is 25.3 Å². The molecule has 1 aliphatic rings. The minimum absolute atomic E-state index is 0.0210. The van der Waals surface area contributed by atoms with Gasteiger partial charge in [0.2, 0.25) is 30.1 Å². The zero-order chi connectivity index (χ0) is 34.0. The smallest absolute Gasteiger partial charge is 0.243 e. The van der Waals surface area contributed by atoms with Crippen LogP contribution in [-0.2, 0) is 43.2 Å². The van der Waals surface area contributed by atoms with Crippen LogP contribution in [0.2, 0.25) is 0 Å². The van der Waals surface area contributed by atoms with Crippen molar-refractivity contribution in [3.63, 3.8) is 0 Å². The van der Waals surface area contributed by atoms with Crippen LogP contribution in [0.4, 0.5) is 0 Å². The summed E-state index contributed by atoms with van der Waals surface area (Å²) in [6, 6.07) is 22.4. The van der Waals surface area contributed by atoms with Gasteiger partial charge in [0.1, 0.15) is 5.75 Å². The van der Waals surface area contributed by atoms with Gasteiger partial charge in [0.05, 0.1) is 46.3 Å². The number of benzene rings is 3. The number of fused-ring (bicyclic) bond motifs is 2. The molecule has 0 amide bonds.